The van der Waals surface area contributed by atoms with Crippen LogP contribution in [0, 0.1) is 3.57 Å². The van der Waals surface area contributed by atoms with Crippen LogP contribution in [-0.4, -0.2) is 31.7 Å². The van der Waals surface area contributed by atoms with Gasteiger partial charge in [0.25, 0.3) is 5.91 Å². The monoisotopic (exact) mass is 484 g/mol. The van der Waals surface area contributed by atoms with E-state index < -0.39 is 10.0 Å². The van der Waals surface area contributed by atoms with Crippen LogP contribution in [0.2, 0.25) is 0 Å². The molecule has 1 fully saturated rings. The van der Waals surface area contributed by atoms with Crippen LogP contribution in [0.3, 0.4) is 0 Å². The first kappa shape index (κ1) is 19.3. The van der Waals surface area contributed by atoms with Crippen molar-refractivity contribution in [2.75, 3.05) is 13.1 Å². The van der Waals surface area contributed by atoms with E-state index in [0.717, 1.165) is 28.4 Å². The minimum Gasteiger partial charge on any atom is -0.348 e. The first-order valence-electron chi connectivity index (χ1n) is 8.60. The molecule has 7 heteroatoms. The van der Waals surface area contributed by atoms with Gasteiger partial charge in [0.15, 0.2) is 0 Å². The molecule has 0 aromatic heterocycles. The van der Waals surface area contributed by atoms with Crippen molar-refractivity contribution in [2.45, 2.75) is 30.7 Å². The molecule has 1 N–H and O–H groups in total. The summed E-state index contributed by atoms with van der Waals surface area (Å²) in [6.45, 7) is 1.54. The molecular weight excluding hydrogens is 463 g/mol. The molecule has 5 nitrogen and oxygen atoms in total. The second-order valence-electron chi connectivity index (χ2n) is 6.30. The normalized spacial score (nSPS) is 15.6. The van der Waals surface area contributed by atoms with Gasteiger partial charge < -0.3 is 5.32 Å². The average molecular weight is 484 g/mol. The summed E-state index contributed by atoms with van der Waals surface area (Å²) in [4.78, 5) is 12.5. The lowest BCUT2D eigenvalue weighted by Gasteiger charge is -2.25. The van der Waals surface area contributed by atoms with Crippen molar-refractivity contribution in [1.82, 2.24) is 9.62 Å². The zero-order valence-electron chi connectivity index (χ0n) is 14.3. The van der Waals surface area contributed by atoms with Crippen LogP contribution in [0.5, 0.6) is 0 Å². The number of rotatable bonds is 5. The lowest BCUT2D eigenvalue weighted by atomic mass is 10.2. The van der Waals surface area contributed by atoms with E-state index in [2.05, 4.69) is 27.9 Å². The molecule has 0 radical (unpaired) electrons. The molecule has 0 unspecified atom stereocenters. The van der Waals surface area contributed by atoms with Gasteiger partial charge in [-0.15, -0.1) is 0 Å². The van der Waals surface area contributed by atoms with E-state index in [1.54, 1.807) is 40.7 Å². The summed E-state index contributed by atoms with van der Waals surface area (Å²) in [5, 5.41) is 2.86. The summed E-state index contributed by atoms with van der Waals surface area (Å²) in [6.07, 6.45) is 2.93. The summed E-state index contributed by atoms with van der Waals surface area (Å²) in [6, 6.07) is 14.1. The lowest BCUT2D eigenvalue weighted by molar-refractivity contribution is 0.0951. The third-order valence-corrected chi connectivity index (χ3v) is 7.07. The molecule has 138 valence electrons. The van der Waals surface area contributed by atoms with Gasteiger partial charge in [0.2, 0.25) is 10.0 Å². The molecule has 2 aromatic carbocycles. The van der Waals surface area contributed by atoms with E-state index in [-0.39, 0.29) is 5.91 Å². The highest BCUT2D eigenvalue weighted by Crippen LogP contribution is 2.20. The Labute approximate surface area is 168 Å². The zero-order chi connectivity index (χ0) is 18.6. The molecule has 0 aliphatic carbocycles. The van der Waals surface area contributed by atoms with Crippen molar-refractivity contribution in [1.29, 1.82) is 0 Å². The number of amides is 1. The number of hydrogen-bond acceptors (Lipinski definition) is 3. The van der Waals surface area contributed by atoms with Crippen molar-refractivity contribution >= 4 is 38.5 Å². The third kappa shape index (κ3) is 4.63. The zero-order valence-corrected chi connectivity index (χ0v) is 17.3. The summed E-state index contributed by atoms with van der Waals surface area (Å²) in [7, 11) is -3.41. The maximum atomic E-state index is 12.6. The van der Waals surface area contributed by atoms with Crippen molar-refractivity contribution in [3.63, 3.8) is 0 Å². The molecule has 1 aliphatic rings. The van der Waals surface area contributed by atoms with Crippen LogP contribution in [0.25, 0.3) is 0 Å². The molecular formula is C19H21IN2O3S. The standard InChI is InChI=1S/C19H21IN2O3S/c20-17-8-6-16(7-9-17)19(23)21-14-15-4-10-18(11-5-15)26(24,25)22-12-2-1-3-13-22/h4-11H,1-3,12-14H2,(H,21,23). The SMILES string of the molecule is O=C(NCc1ccc(S(=O)(=O)N2CCCCC2)cc1)c1ccc(I)cc1. The van der Waals surface area contributed by atoms with Gasteiger partial charge in [-0.25, -0.2) is 8.42 Å². The smallest absolute Gasteiger partial charge is 0.251 e. The second kappa shape index (κ2) is 8.49. The number of piperidine rings is 1. The summed E-state index contributed by atoms with van der Waals surface area (Å²) >= 11 is 2.19. The van der Waals surface area contributed by atoms with Crippen molar-refractivity contribution < 1.29 is 13.2 Å². The fraction of sp³-hybridized carbons (Fsp3) is 0.316. The summed E-state index contributed by atoms with van der Waals surface area (Å²) in [5.41, 5.74) is 1.47. The van der Waals surface area contributed by atoms with E-state index >= 15 is 0 Å². The Kier molecular flexibility index (Phi) is 6.31. The van der Waals surface area contributed by atoms with Gasteiger partial charge in [-0.05, 0) is 77.4 Å². The van der Waals surface area contributed by atoms with Crippen LogP contribution in [0.15, 0.2) is 53.4 Å². The van der Waals surface area contributed by atoms with E-state index in [9.17, 15) is 13.2 Å². The van der Waals surface area contributed by atoms with Gasteiger partial charge in [-0.3, -0.25) is 4.79 Å². The van der Waals surface area contributed by atoms with Crippen LogP contribution >= 0.6 is 22.6 Å². The molecule has 0 spiro atoms. The van der Waals surface area contributed by atoms with Gasteiger partial charge in [0.1, 0.15) is 0 Å². The summed E-state index contributed by atoms with van der Waals surface area (Å²) in [5.74, 6) is -0.147. The third-order valence-electron chi connectivity index (χ3n) is 4.44. The van der Waals surface area contributed by atoms with Crippen LogP contribution < -0.4 is 5.32 Å². The Morgan fingerprint density at radius 1 is 0.962 bits per heavy atom. The predicted octanol–water partition coefficient (Wildman–Crippen LogP) is 3.40. The fourth-order valence-electron chi connectivity index (χ4n) is 2.92. The first-order valence-corrected chi connectivity index (χ1v) is 11.1. The highest BCUT2D eigenvalue weighted by Gasteiger charge is 2.25. The number of halogens is 1. The van der Waals surface area contributed by atoms with Crippen LogP contribution in [0.1, 0.15) is 35.2 Å². The van der Waals surface area contributed by atoms with Gasteiger partial charge in [-0.2, -0.15) is 4.31 Å². The first-order chi connectivity index (χ1) is 12.5. The number of benzene rings is 2. The molecule has 0 bridgehead atoms. The minimum atomic E-state index is -3.41. The maximum absolute atomic E-state index is 12.6. The molecule has 1 amide bonds. The fourth-order valence-corrected chi connectivity index (χ4v) is 4.80. The molecule has 1 aliphatic heterocycles. The van der Waals surface area contributed by atoms with E-state index in [1.165, 1.54) is 0 Å². The number of carbonyl (C=O) groups is 1. The Bertz CT molecular complexity index is 859. The quantitative estimate of drug-likeness (QED) is 0.662. The largest absolute Gasteiger partial charge is 0.348 e. The van der Waals surface area contributed by atoms with Gasteiger partial charge in [0.05, 0.1) is 4.90 Å². The Morgan fingerprint density at radius 3 is 2.19 bits per heavy atom. The number of nitrogens with zero attached hydrogens (tertiary/aromatic N) is 1. The Morgan fingerprint density at radius 2 is 1.58 bits per heavy atom. The molecule has 1 saturated heterocycles. The number of carbonyl (C=O) groups excluding carboxylic acids is 1. The number of hydrogen-bond donors (Lipinski definition) is 1. The topological polar surface area (TPSA) is 66.5 Å². The minimum absolute atomic E-state index is 0.147. The highest BCUT2D eigenvalue weighted by atomic mass is 127. The van der Waals surface area contributed by atoms with E-state index in [4.69, 9.17) is 0 Å². The van der Waals surface area contributed by atoms with Gasteiger partial charge in [-0.1, -0.05) is 18.6 Å². The molecule has 26 heavy (non-hydrogen) atoms. The predicted molar refractivity (Wildman–Crippen MR) is 109 cm³/mol. The molecule has 3 rings (SSSR count). The highest BCUT2D eigenvalue weighted by molar-refractivity contribution is 14.1. The molecule has 1 heterocycles. The van der Waals surface area contributed by atoms with Crippen molar-refractivity contribution in [2.24, 2.45) is 0 Å². The number of sulfonamides is 1. The average Bonchev–Trinajstić information content (AvgIpc) is 2.67. The van der Waals surface area contributed by atoms with Crippen molar-refractivity contribution in [3.8, 4) is 0 Å². The number of nitrogens with one attached hydrogen (secondary N) is 1. The van der Waals surface area contributed by atoms with E-state index in [0.29, 0.717) is 30.1 Å². The van der Waals surface area contributed by atoms with E-state index in [1.807, 2.05) is 12.1 Å². The van der Waals surface area contributed by atoms with Gasteiger partial charge >= 0.3 is 0 Å². The molecule has 0 atom stereocenters. The summed E-state index contributed by atoms with van der Waals surface area (Å²) < 4.78 is 27.9. The van der Waals surface area contributed by atoms with Crippen LogP contribution in [-0.2, 0) is 16.6 Å². The maximum Gasteiger partial charge on any atom is 0.251 e. The van der Waals surface area contributed by atoms with Crippen molar-refractivity contribution in [3.05, 3.63) is 63.2 Å². The Hall–Kier alpha value is -1.45. The molecule has 2 aromatic rings. The molecule has 0 saturated carbocycles. The lowest BCUT2D eigenvalue weighted by Crippen LogP contribution is -2.35. The second-order valence-corrected chi connectivity index (χ2v) is 9.48. The van der Waals surface area contributed by atoms with Crippen LogP contribution in [0.4, 0.5) is 0 Å². The Balaban J connectivity index is 1.62. The van der Waals surface area contributed by atoms with Gasteiger partial charge in [0, 0.05) is 28.8 Å².